The van der Waals surface area contributed by atoms with E-state index in [1.807, 2.05) is 19.1 Å². The van der Waals surface area contributed by atoms with E-state index in [1.54, 1.807) is 7.11 Å². The fourth-order valence-electron chi connectivity index (χ4n) is 5.95. The molecule has 5 nitrogen and oxygen atoms in total. The molecule has 1 saturated carbocycles. The maximum atomic E-state index is 12.7. The highest BCUT2D eigenvalue weighted by atomic mass is 16.5. The average molecular weight is 345 g/mol. The molecule has 3 aliphatic rings. The Labute approximate surface area is 148 Å². The quantitative estimate of drug-likeness (QED) is 0.848. The second-order valence-electron chi connectivity index (χ2n) is 7.98. The van der Waals surface area contributed by atoms with Crippen molar-refractivity contribution in [1.29, 1.82) is 0 Å². The number of ketones is 1. The SMILES string of the molecule is COc1c(CO)ccc2c1[C@]13CCN(C)C(C2)[C@]1(O)CCC(=O)[C@H]3C. The molecule has 1 aromatic carbocycles. The molecule has 0 aromatic heterocycles. The van der Waals surface area contributed by atoms with Crippen LogP contribution in [-0.4, -0.2) is 53.2 Å². The highest BCUT2D eigenvalue weighted by Crippen LogP contribution is 2.61. The monoisotopic (exact) mass is 345 g/mol. The highest BCUT2D eigenvalue weighted by molar-refractivity contribution is 5.85. The molecule has 2 aliphatic carbocycles. The number of carbonyl (C=O) groups is 1. The first-order valence-electron chi connectivity index (χ1n) is 9.16. The number of fused-ring (bicyclic) bond motifs is 1. The van der Waals surface area contributed by atoms with E-state index < -0.39 is 11.0 Å². The van der Waals surface area contributed by atoms with Crippen molar-refractivity contribution in [3.63, 3.8) is 0 Å². The number of likely N-dealkylation sites (N-methyl/N-ethyl adjacent to an activating group) is 1. The zero-order chi connectivity index (χ0) is 18.0. The second-order valence-corrected chi connectivity index (χ2v) is 7.98. The van der Waals surface area contributed by atoms with Crippen LogP contribution < -0.4 is 4.74 Å². The third-order valence-electron chi connectivity index (χ3n) is 7.25. The van der Waals surface area contributed by atoms with Crippen molar-refractivity contribution >= 4 is 5.78 Å². The Morgan fingerprint density at radius 1 is 1.36 bits per heavy atom. The zero-order valence-corrected chi connectivity index (χ0v) is 15.2. The van der Waals surface area contributed by atoms with Crippen molar-refractivity contribution in [3.8, 4) is 5.75 Å². The summed E-state index contributed by atoms with van der Waals surface area (Å²) >= 11 is 0. The summed E-state index contributed by atoms with van der Waals surface area (Å²) in [6, 6.07) is 3.96. The van der Waals surface area contributed by atoms with Crippen molar-refractivity contribution in [1.82, 2.24) is 4.90 Å². The molecular formula is C20H27NO4. The first-order valence-corrected chi connectivity index (χ1v) is 9.16. The van der Waals surface area contributed by atoms with Crippen LogP contribution in [0.1, 0.15) is 42.9 Å². The molecule has 1 heterocycles. The molecule has 2 bridgehead atoms. The minimum atomic E-state index is -0.943. The largest absolute Gasteiger partial charge is 0.496 e. The molecule has 2 fully saturated rings. The van der Waals surface area contributed by atoms with Gasteiger partial charge in [-0.3, -0.25) is 4.79 Å². The van der Waals surface area contributed by atoms with E-state index in [9.17, 15) is 15.0 Å². The smallest absolute Gasteiger partial charge is 0.136 e. The number of ether oxygens (including phenoxy) is 1. The number of nitrogens with zero attached hydrogens (tertiary/aromatic N) is 1. The molecule has 136 valence electrons. The van der Waals surface area contributed by atoms with E-state index >= 15 is 0 Å². The fraction of sp³-hybridized carbons (Fsp3) is 0.650. The van der Waals surface area contributed by atoms with Gasteiger partial charge in [0.15, 0.2) is 0 Å². The van der Waals surface area contributed by atoms with Crippen LogP contribution in [0.4, 0.5) is 0 Å². The molecule has 0 amide bonds. The van der Waals surface area contributed by atoms with E-state index in [-0.39, 0.29) is 24.3 Å². The third kappa shape index (κ3) is 1.92. The topological polar surface area (TPSA) is 70.0 Å². The molecule has 25 heavy (non-hydrogen) atoms. The van der Waals surface area contributed by atoms with Crippen LogP contribution in [0.25, 0.3) is 0 Å². The lowest BCUT2D eigenvalue weighted by atomic mass is 9.46. The van der Waals surface area contributed by atoms with Gasteiger partial charge in [-0.1, -0.05) is 19.1 Å². The number of hydrogen-bond acceptors (Lipinski definition) is 5. The van der Waals surface area contributed by atoms with Crippen LogP contribution >= 0.6 is 0 Å². The van der Waals surface area contributed by atoms with E-state index in [0.29, 0.717) is 18.6 Å². The average Bonchev–Trinajstić information content (AvgIpc) is 2.61. The molecule has 4 rings (SSSR count). The Bertz CT molecular complexity index is 733. The fourth-order valence-corrected chi connectivity index (χ4v) is 5.95. The van der Waals surface area contributed by atoms with Gasteiger partial charge in [-0.2, -0.15) is 0 Å². The lowest BCUT2D eigenvalue weighted by Crippen LogP contribution is -2.75. The number of carbonyl (C=O) groups excluding carboxylic acids is 1. The van der Waals surface area contributed by atoms with Gasteiger partial charge in [-0.05, 0) is 38.4 Å². The molecule has 1 unspecified atom stereocenters. The van der Waals surface area contributed by atoms with Gasteiger partial charge in [-0.25, -0.2) is 0 Å². The number of aliphatic hydroxyl groups excluding tert-OH is 1. The molecule has 0 radical (unpaired) electrons. The molecule has 2 N–H and O–H groups in total. The Balaban J connectivity index is 2.06. The number of aliphatic hydroxyl groups is 2. The first-order chi connectivity index (χ1) is 11.9. The number of likely N-dealkylation sites (tertiary alicyclic amines) is 1. The van der Waals surface area contributed by atoms with Crippen molar-refractivity contribution < 1.29 is 19.7 Å². The molecule has 1 saturated heterocycles. The summed E-state index contributed by atoms with van der Waals surface area (Å²) < 4.78 is 5.73. The van der Waals surface area contributed by atoms with Crippen LogP contribution in [0.5, 0.6) is 5.75 Å². The predicted octanol–water partition coefficient (Wildman–Crippen LogP) is 1.42. The Kier molecular flexibility index (Phi) is 3.76. The van der Waals surface area contributed by atoms with Gasteiger partial charge in [0, 0.05) is 34.9 Å². The summed E-state index contributed by atoms with van der Waals surface area (Å²) in [5, 5.41) is 21.7. The Hall–Kier alpha value is -1.43. The van der Waals surface area contributed by atoms with Crippen molar-refractivity contribution in [2.24, 2.45) is 5.92 Å². The van der Waals surface area contributed by atoms with Gasteiger partial charge < -0.3 is 19.8 Å². The number of methoxy groups -OCH3 is 1. The summed E-state index contributed by atoms with van der Waals surface area (Å²) in [6.07, 6.45) is 2.40. The summed E-state index contributed by atoms with van der Waals surface area (Å²) in [7, 11) is 3.68. The van der Waals surface area contributed by atoms with Crippen LogP contribution in [0.2, 0.25) is 0 Å². The molecule has 1 aromatic rings. The molecule has 1 aliphatic heterocycles. The van der Waals surface area contributed by atoms with Gasteiger partial charge in [0.1, 0.15) is 11.5 Å². The van der Waals surface area contributed by atoms with Gasteiger partial charge in [-0.15, -0.1) is 0 Å². The van der Waals surface area contributed by atoms with Gasteiger partial charge >= 0.3 is 0 Å². The maximum Gasteiger partial charge on any atom is 0.136 e. The van der Waals surface area contributed by atoms with Gasteiger partial charge in [0.05, 0.1) is 19.3 Å². The first kappa shape index (κ1) is 17.0. The Morgan fingerprint density at radius 3 is 2.80 bits per heavy atom. The molecule has 4 atom stereocenters. The van der Waals surface area contributed by atoms with Gasteiger partial charge in [0.25, 0.3) is 0 Å². The summed E-state index contributed by atoms with van der Waals surface area (Å²) in [5.41, 5.74) is 1.25. The van der Waals surface area contributed by atoms with Crippen molar-refractivity contribution in [3.05, 3.63) is 28.8 Å². The lowest BCUT2D eigenvalue weighted by molar-refractivity contribution is -0.183. The number of Topliss-reactive ketones (excluding diaryl/α,β-unsaturated/α-hetero) is 1. The van der Waals surface area contributed by atoms with E-state index in [0.717, 1.165) is 36.1 Å². The van der Waals surface area contributed by atoms with E-state index in [2.05, 4.69) is 11.9 Å². The van der Waals surface area contributed by atoms with E-state index in [1.165, 1.54) is 0 Å². The summed E-state index contributed by atoms with van der Waals surface area (Å²) in [6.45, 7) is 2.70. The normalized spacial score (nSPS) is 37.4. The van der Waals surface area contributed by atoms with Crippen LogP contribution in [0.3, 0.4) is 0 Å². The number of benzene rings is 1. The molecular weight excluding hydrogens is 318 g/mol. The standard InChI is InChI=1S/C20H27NO4/c1-12-15(23)6-7-20(24)16-10-13-4-5-14(11-22)18(25-3)17(13)19(12,20)8-9-21(16)2/h4-5,12,16,22,24H,6-11H2,1-3H3/t12-,16?,19-,20-/m1/s1. The number of hydrogen-bond donors (Lipinski definition) is 2. The zero-order valence-electron chi connectivity index (χ0n) is 15.2. The Morgan fingerprint density at radius 2 is 2.12 bits per heavy atom. The lowest BCUT2D eigenvalue weighted by Gasteiger charge is -2.65. The molecule has 0 spiro atoms. The summed E-state index contributed by atoms with van der Waals surface area (Å²) in [5.74, 6) is 0.615. The van der Waals surface area contributed by atoms with Crippen LogP contribution in [0.15, 0.2) is 12.1 Å². The number of rotatable bonds is 2. The van der Waals surface area contributed by atoms with Crippen LogP contribution in [-0.2, 0) is 23.2 Å². The van der Waals surface area contributed by atoms with Crippen molar-refractivity contribution in [2.45, 2.75) is 56.3 Å². The van der Waals surface area contributed by atoms with Crippen LogP contribution in [0, 0.1) is 5.92 Å². The third-order valence-corrected chi connectivity index (χ3v) is 7.25. The maximum absolute atomic E-state index is 12.7. The highest BCUT2D eigenvalue weighted by Gasteiger charge is 2.67. The minimum absolute atomic E-state index is 0.00832. The van der Waals surface area contributed by atoms with E-state index in [4.69, 9.17) is 4.74 Å². The van der Waals surface area contributed by atoms with Gasteiger partial charge in [0.2, 0.25) is 0 Å². The summed E-state index contributed by atoms with van der Waals surface area (Å²) in [4.78, 5) is 15.0. The van der Waals surface area contributed by atoms with Crippen molar-refractivity contribution in [2.75, 3.05) is 20.7 Å². The minimum Gasteiger partial charge on any atom is -0.496 e. The molecule has 5 heteroatoms. The predicted molar refractivity (Wildman–Crippen MR) is 93.7 cm³/mol. The second kappa shape index (κ2) is 5.53. The number of piperidine rings is 1.